The van der Waals surface area contributed by atoms with Crippen molar-refractivity contribution in [3.05, 3.63) is 0 Å². The summed E-state index contributed by atoms with van der Waals surface area (Å²) in [6.45, 7) is 2.27. The lowest BCUT2D eigenvalue weighted by Crippen LogP contribution is -2.37. The van der Waals surface area contributed by atoms with Crippen LogP contribution in [0.4, 0.5) is 0 Å². The molecule has 1 heterocycles. The van der Waals surface area contributed by atoms with E-state index in [0.29, 0.717) is 13.1 Å². The van der Waals surface area contributed by atoms with Gasteiger partial charge in [0, 0.05) is 31.7 Å². The summed E-state index contributed by atoms with van der Waals surface area (Å²) in [5.41, 5.74) is 14.5. The summed E-state index contributed by atoms with van der Waals surface area (Å²) in [5.74, 6) is 0. The molecule has 10 heavy (non-hydrogen) atoms. The van der Waals surface area contributed by atoms with Gasteiger partial charge in [-0.15, -0.1) is 0 Å². The van der Waals surface area contributed by atoms with Crippen molar-refractivity contribution in [2.75, 3.05) is 26.3 Å². The van der Waals surface area contributed by atoms with Crippen molar-refractivity contribution in [2.45, 2.75) is 12.8 Å². The van der Waals surface area contributed by atoms with E-state index in [1.807, 2.05) is 0 Å². The minimum atomic E-state index is -0.0295. The fraction of sp³-hybridized carbons (Fsp3) is 1.00. The van der Waals surface area contributed by atoms with Crippen molar-refractivity contribution in [1.29, 1.82) is 0 Å². The van der Waals surface area contributed by atoms with Crippen LogP contribution in [0.15, 0.2) is 0 Å². The maximum Gasteiger partial charge on any atom is 0.0472 e. The van der Waals surface area contributed by atoms with Crippen LogP contribution in [-0.4, -0.2) is 26.3 Å². The summed E-state index contributed by atoms with van der Waals surface area (Å²) in [5, 5.41) is 0. The van der Waals surface area contributed by atoms with E-state index < -0.39 is 0 Å². The lowest BCUT2D eigenvalue weighted by molar-refractivity contribution is 0.0218. The van der Waals surface area contributed by atoms with Crippen LogP contribution in [0.2, 0.25) is 0 Å². The molecule has 2 N–H and O–H groups in total. The Labute approximate surface area is 61.7 Å². The first-order valence-corrected chi connectivity index (χ1v) is 3.70. The standard InChI is InChI=1S/C7H14N2O/c8-5-7(6-9)1-3-10-4-2-7/h8-9H,1-6H2. The summed E-state index contributed by atoms with van der Waals surface area (Å²) in [6.07, 6.45) is 1.81. The van der Waals surface area contributed by atoms with Crippen molar-refractivity contribution in [3.63, 3.8) is 0 Å². The van der Waals surface area contributed by atoms with E-state index in [9.17, 15) is 0 Å². The highest BCUT2D eigenvalue weighted by atomic mass is 16.5. The van der Waals surface area contributed by atoms with Crippen molar-refractivity contribution >= 4 is 0 Å². The molecule has 1 fully saturated rings. The number of ether oxygens (including phenoxy) is 1. The van der Waals surface area contributed by atoms with Crippen molar-refractivity contribution in [2.24, 2.45) is 5.41 Å². The average Bonchev–Trinajstić information content (AvgIpc) is 2.06. The van der Waals surface area contributed by atoms with Crippen LogP contribution in [0, 0.1) is 5.41 Å². The molecule has 0 atom stereocenters. The van der Waals surface area contributed by atoms with Crippen LogP contribution in [0.1, 0.15) is 12.8 Å². The molecule has 0 aliphatic carbocycles. The van der Waals surface area contributed by atoms with Crippen LogP contribution in [0.3, 0.4) is 0 Å². The third-order valence-electron chi connectivity index (χ3n) is 2.30. The molecule has 0 amide bonds. The SMILES string of the molecule is [NH]CC1(C[NH])CCOCC1. The molecular weight excluding hydrogens is 128 g/mol. The summed E-state index contributed by atoms with van der Waals surface area (Å²) in [7, 11) is 0. The van der Waals surface area contributed by atoms with E-state index in [1.165, 1.54) is 0 Å². The second-order valence-corrected chi connectivity index (χ2v) is 2.97. The molecule has 1 rings (SSSR count). The van der Waals surface area contributed by atoms with Gasteiger partial charge in [-0.25, -0.2) is 0 Å². The zero-order chi connectivity index (χ0) is 7.45. The first-order valence-electron chi connectivity index (χ1n) is 3.70. The van der Waals surface area contributed by atoms with Crippen LogP contribution in [-0.2, 0) is 4.74 Å². The lowest BCUT2D eigenvalue weighted by Gasteiger charge is -2.33. The quantitative estimate of drug-likeness (QED) is 0.548. The largest absolute Gasteiger partial charge is 0.381 e. The van der Waals surface area contributed by atoms with E-state index >= 15 is 0 Å². The van der Waals surface area contributed by atoms with Gasteiger partial charge in [0.25, 0.3) is 0 Å². The molecule has 58 valence electrons. The van der Waals surface area contributed by atoms with Gasteiger partial charge in [0.1, 0.15) is 0 Å². The molecule has 0 aromatic carbocycles. The second kappa shape index (κ2) is 3.32. The van der Waals surface area contributed by atoms with E-state index in [1.54, 1.807) is 0 Å². The third kappa shape index (κ3) is 1.48. The van der Waals surface area contributed by atoms with Gasteiger partial charge in [-0.2, -0.15) is 0 Å². The zero-order valence-corrected chi connectivity index (χ0v) is 6.15. The topological polar surface area (TPSA) is 56.8 Å². The van der Waals surface area contributed by atoms with Gasteiger partial charge in [0.2, 0.25) is 0 Å². The number of nitrogens with one attached hydrogen (secondary N) is 2. The molecule has 2 radical (unpaired) electrons. The smallest absolute Gasteiger partial charge is 0.0472 e. The van der Waals surface area contributed by atoms with Crippen molar-refractivity contribution in [3.8, 4) is 0 Å². The Morgan fingerprint density at radius 2 is 1.60 bits per heavy atom. The van der Waals surface area contributed by atoms with Crippen molar-refractivity contribution < 1.29 is 4.74 Å². The summed E-state index contributed by atoms with van der Waals surface area (Å²) in [4.78, 5) is 0. The summed E-state index contributed by atoms with van der Waals surface area (Å²) >= 11 is 0. The Bertz CT molecular complexity index is 93.8. The zero-order valence-electron chi connectivity index (χ0n) is 6.15. The third-order valence-corrected chi connectivity index (χ3v) is 2.30. The first-order chi connectivity index (χ1) is 4.83. The molecule has 3 nitrogen and oxygen atoms in total. The van der Waals surface area contributed by atoms with Crippen LogP contribution >= 0.6 is 0 Å². The number of hydrogen-bond acceptors (Lipinski definition) is 1. The molecule has 0 aromatic rings. The predicted octanol–water partition coefficient (Wildman–Crippen LogP) is 0.349. The van der Waals surface area contributed by atoms with E-state index in [0.717, 1.165) is 26.1 Å². The van der Waals surface area contributed by atoms with Gasteiger partial charge in [-0.1, -0.05) is 0 Å². The molecular formula is C7H14N2O. The van der Waals surface area contributed by atoms with Gasteiger partial charge in [0.05, 0.1) is 0 Å². The molecule has 1 aliphatic rings. The molecule has 0 saturated carbocycles. The van der Waals surface area contributed by atoms with Crippen LogP contribution in [0.25, 0.3) is 0 Å². The Hall–Kier alpha value is -0.120. The van der Waals surface area contributed by atoms with Gasteiger partial charge in [0.15, 0.2) is 0 Å². The molecule has 1 aliphatic heterocycles. The maximum absolute atomic E-state index is 7.27. The Balaban J connectivity index is 2.44. The Morgan fingerprint density at radius 1 is 1.10 bits per heavy atom. The van der Waals surface area contributed by atoms with Crippen molar-refractivity contribution in [1.82, 2.24) is 11.5 Å². The molecule has 0 unspecified atom stereocenters. The van der Waals surface area contributed by atoms with Gasteiger partial charge in [-0.05, 0) is 12.8 Å². The maximum atomic E-state index is 7.27. The normalized spacial score (nSPS) is 24.6. The Kier molecular flexibility index (Phi) is 2.65. The van der Waals surface area contributed by atoms with Crippen LogP contribution < -0.4 is 11.5 Å². The molecule has 0 spiro atoms. The van der Waals surface area contributed by atoms with Crippen LogP contribution in [0.5, 0.6) is 0 Å². The summed E-state index contributed by atoms with van der Waals surface area (Å²) < 4.78 is 5.16. The highest BCUT2D eigenvalue weighted by Crippen LogP contribution is 2.28. The lowest BCUT2D eigenvalue weighted by atomic mass is 9.80. The van der Waals surface area contributed by atoms with E-state index in [4.69, 9.17) is 16.2 Å². The number of hydrogen-bond donors (Lipinski definition) is 0. The molecule has 0 bridgehead atoms. The predicted molar refractivity (Wildman–Crippen MR) is 38.4 cm³/mol. The molecule has 1 saturated heterocycles. The highest BCUT2D eigenvalue weighted by molar-refractivity contribution is 4.82. The summed E-state index contributed by atoms with van der Waals surface area (Å²) in [6, 6.07) is 0. The van der Waals surface area contributed by atoms with E-state index in [-0.39, 0.29) is 5.41 Å². The van der Waals surface area contributed by atoms with Gasteiger partial charge in [-0.3, -0.25) is 11.5 Å². The minimum Gasteiger partial charge on any atom is -0.381 e. The molecule has 0 aromatic heterocycles. The second-order valence-electron chi connectivity index (χ2n) is 2.97. The first kappa shape index (κ1) is 7.98. The van der Waals surface area contributed by atoms with Gasteiger partial charge < -0.3 is 4.74 Å². The molecule has 3 heteroatoms. The fourth-order valence-electron chi connectivity index (χ4n) is 1.22. The monoisotopic (exact) mass is 142 g/mol. The number of rotatable bonds is 2. The van der Waals surface area contributed by atoms with Gasteiger partial charge >= 0.3 is 0 Å². The highest BCUT2D eigenvalue weighted by Gasteiger charge is 2.29. The minimum absolute atomic E-state index is 0.0295. The van der Waals surface area contributed by atoms with E-state index in [2.05, 4.69) is 0 Å². The Morgan fingerprint density at radius 3 is 1.90 bits per heavy atom. The fourth-order valence-corrected chi connectivity index (χ4v) is 1.22. The average molecular weight is 142 g/mol.